The van der Waals surface area contributed by atoms with Crippen LogP contribution in [0.4, 0.5) is 5.69 Å². The Hall–Kier alpha value is -1.56. The third kappa shape index (κ3) is 3.05. The summed E-state index contributed by atoms with van der Waals surface area (Å²) in [6.45, 7) is 7.06. The van der Waals surface area contributed by atoms with Gasteiger partial charge in [-0.1, -0.05) is 46.4 Å². The topological polar surface area (TPSA) is 53.9 Å². The number of hydrogen-bond donors (Lipinski definition) is 0. The van der Waals surface area contributed by atoms with E-state index >= 15 is 0 Å². The van der Waals surface area contributed by atoms with Crippen LogP contribution in [0.2, 0.25) is 20.2 Å². The molecule has 0 radical (unpaired) electrons. The van der Waals surface area contributed by atoms with Gasteiger partial charge in [-0.2, -0.15) is 10.4 Å². The van der Waals surface area contributed by atoms with Crippen molar-refractivity contribution in [3.63, 3.8) is 0 Å². The molecule has 0 unspecified atom stereocenters. The fraction of sp³-hybridized carbons (Fsp3) is 0.0769. The first-order valence-corrected chi connectivity index (χ1v) is 6.95. The van der Waals surface area contributed by atoms with E-state index in [-0.39, 0.29) is 37.9 Å². The van der Waals surface area contributed by atoms with Crippen molar-refractivity contribution < 1.29 is 0 Å². The van der Waals surface area contributed by atoms with Crippen molar-refractivity contribution >= 4 is 52.1 Å². The van der Waals surface area contributed by atoms with Gasteiger partial charge in [0.05, 0.1) is 39.0 Å². The number of hydrogen-bond acceptors (Lipinski definition) is 3. The van der Waals surface area contributed by atoms with Crippen molar-refractivity contribution in [1.82, 2.24) is 10.2 Å². The van der Waals surface area contributed by atoms with Gasteiger partial charge in [-0.25, -0.2) is 4.85 Å². The number of rotatable bonds is 2. The standard InChI is InChI=1S/C13H4Cl4N4/c1-19-13-11(16)8(5-18)7(10(15)12(13)17)4-6-2-3-9(14)21-20-6/h2-3H,4H2. The smallest absolute Gasteiger partial charge is 0.226 e. The fourth-order valence-corrected chi connectivity index (χ4v) is 2.64. The minimum Gasteiger partial charge on any atom is -0.235 e. The highest BCUT2D eigenvalue weighted by molar-refractivity contribution is 6.47. The van der Waals surface area contributed by atoms with Gasteiger partial charge in [0.15, 0.2) is 5.15 Å². The molecule has 0 bridgehead atoms. The van der Waals surface area contributed by atoms with Crippen LogP contribution in [-0.2, 0) is 6.42 Å². The van der Waals surface area contributed by atoms with Crippen LogP contribution in [0, 0.1) is 17.9 Å². The van der Waals surface area contributed by atoms with Crippen LogP contribution in [0.3, 0.4) is 0 Å². The van der Waals surface area contributed by atoms with Crippen LogP contribution >= 0.6 is 46.4 Å². The number of aromatic nitrogens is 2. The SMILES string of the molecule is [C-]#[N+]c1c(Cl)c(Cl)c(Cc2ccc(Cl)nn2)c(C#N)c1Cl. The van der Waals surface area contributed by atoms with Crippen molar-refractivity contribution in [3.05, 3.63) is 60.6 Å². The molecule has 1 heterocycles. The Morgan fingerprint density at radius 2 is 1.81 bits per heavy atom. The molecule has 8 heteroatoms. The van der Waals surface area contributed by atoms with Gasteiger partial charge in [0.25, 0.3) is 0 Å². The van der Waals surface area contributed by atoms with Gasteiger partial charge in [-0.3, -0.25) is 0 Å². The average molecular weight is 358 g/mol. The minimum atomic E-state index is -0.0363. The van der Waals surface area contributed by atoms with E-state index in [2.05, 4.69) is 15.0 Å². The van der Waals surface area contributed by atoms with Crippen LogP contribution in [-0.4, -0.2) is 10.2 Å². The molecule has 0 spiro atoms. The second-order valence-corrected chi connectivity index (χ2v) is 5.41. The lowest BCUT2D eigenvalue weighted by Gasteiger charge is -2.11. The molecule has 104 valence electrons. The first-order valence-electron chi connectivity index (χ1n) is 5.44. The quantitative estimate of drug-likeness (QED) is 0.554. The first-order chi connectivity index (χ1) is 9.99. The highest BCUT2D eigenvalue weighted by atomic mass is 35.5. The molecule has 21 heavy (non-hydrogen) atoms. The molecular formula is C13H4Cl4N4. The molecule has 0 saturated heterocycles. The molecule has 0 fully saturated rings. The fourth-order valence-electron chi connectivity index (χ4n) is 1.69. The zero-order valence-corrected chi connectivity index (χ0v) is 13.2. The first kappa shape index (κ1) is 15.8. The second-order valence-electron chi connectivity index (χ2n) is 3.89. The van der Waals surface area contributed by atoms with E-state index < -0.39 is 0 Å². The predicted molar refractivity (Wildman–Crippen MR) is 82.3 cm³/mol. The van der Waals surface area contributed by atoms with Crippen LogP contribution in [0.15, 0.2) is 12.1 Å². The largest absolute Gasteiger partial charge is 0.235 e. The van der Waals surface area contributed by atoms with Gasteiger partial charge in [-0.15, -0.1) is 5.10 Å². The third-order valence-corrected chi connectivity index (χ3v) is 4.11. The Kier molecular flexibility index (Phi) is 4.88. The molecule has 1 aromatic carbocycles. The Morgan fingerprint density at radius 3 is 2.33 bits per heavy atom. The summed E-state index contributed by atoms with van der Waals surface area (Å²) in [5, 5.41) is 17.2. The monoisotopic (exact) mass is 356 g/mol. The average Bonchev–Trinajstić information content (AvgIpc) is 2.47. The maximum atomic E-state index is 9.26. The van der Waals surface area contributed by atoms with E-state index in [4.69, 9.17) is 53.0 Å². The second kappa shape index (κ2) is 6.47. The van der Waals surface area contributed by atoms with Crippen molar-refractivity contribution in [2.75, 3.05) is 0 Å². The van der Waals surface area contributed by atoms with Gasteiger partial charge in [-0.05, 0) is 17.7 Å². The molecule has 0 aliphatic rings. The molecule has 2 aromatic rings. The predicted octanol–water partition coefficient (Wildman–Crippen LogP) is 5.10. The van der Waals surface area contributed by atoms with Gasteiger partial charge >= 0.3 is 0 Å². The lowest BCUT2D eigenvalue weighted by atomic mass is 10.0. The van der Waals surface area contributed by atoms with Gasteiger partial charge in [0, 0.05) is 6.42 Å². The highest BCUT2D eigenvalue weighted by Crippen LogP contribution is 2.44. The summed E-state index contributed by atoms with van der Waals surface area (Å²) in [7, 11) is 0. The molecule has 0 amide bonds. The molecule has 0 aliphatic heterocycles. The lowest BCUT2D eigenvalue weighted by Crippen LogP contribution is -1.99. The maximum Gasteiger partial charge on any atom is 0.226 e. The van der Waals surface area contributed by atoms with Gasteiger partial charge < -0.3 is 0 Å². The van der Waals surface area contributed by atoms with E-state index in [1.165, 1.54) is 0 Å². The van der Waals surface area contributed by atoms with E-state index in [9.17, 15) is 5.26 Å². The Labute approximate surface area is 140 Å². The van der Waals surface area contributed by atoms with Crippen molar-refractivity contribution in [1.29, 1.82) is 5.26 Å². The normalized spacial score (nSPS) is 10.0. The molecule has 0 aliphatic carbocycles. The summed E-state index contributed by atoms with van der Waals surface area (Å²) < 4.78 is 0. The zero-order chi connectivity index (χ0) is 15.6. The van der Waals surface area contributed by atoms with Gasteiger partial charge in [0.1, 0.15) is 0 Å². The summed E-state index contributed by atoms with van der Waals surface area (Å²) in [5.74, 6) is 0. The summed E-state index contributed by atoms with van der Waals surface area (Å²) >= 11 is 23.9. The van der Waals surface area contributed by atoms with Gasteiger partial charge in [0.2, 0.25) is 5.69 Å². The molecule has 0 saturated carbocycles. The van der Waals surface area contributed by atoms with Crippen molar-refractivity contribution in [3.8, 4) is 6.07 Å². The summed E-state index contributed by atoms with van der Waals surface area (Å²) in [4.78, 5) is 3.20. The lowest BCUT2D eigenvalue weighted by molar-refractivity contribution is 0.936. The van der Waals surface area contributed by atoms with Crippen LogP contribution in [0.25, 0.3) is 4.85 Å². The number of halogens is 4. The summed E-state index contributed by atoms with van der Waals surface area (Å²) in [6, 6.07) is 5.17. The molecular weight excluding hydrogens is 354 g/mol. The molecule has 0 atom stereocenters. The van der Waals surface area contributed by atoms with E-state index in [1.54, 1.807) is 12.1 Å². The van der Waals surface area contributed by atoms with Crippen LogP contribution in [0.1, 0.15) is 16.8 Å². The molecule has 1 aromatic heterocycles. The summed E-state index contributed by atoms with van der Waals surface area (Å²) in [6.07, 6.45) is 0.198. The minimum absolute atomic E-state index is 0.0150. The highest BCUT2D eigenvalue weighted by Gasteiger charge is 2.21. The van der Waals surface area contributed by atoms with Crippen molar-refractivity contribution in [2.45, 2.75) is 6.42 Å². The molecule has 0 N–H and O–H groups in total. The number of benzene rings is 1. The third-order valence-electron chi connectivity index (χ3n) is 2.66. The molecule has 4 nitrogen and oxygen atoms in total. The van der Waals surface area contributed by atoms with E-state index in [0.717, 1.165) is 0 Å². The Balaban J connectivity index is 2.61. The number of nitrogens with zero attached hydrogens (tertiary/aromatic N) is 4. The zero-order valence-electron chi connectivity index (χ0n) is 10.2. The number of nitriles is 1. The van der Waals surface area contributed by atoms with Crippen LogP contribution in [0.5, 0.6) is 0 Å². The summed E-state index contributed by atoms with van der Waals surface area (Å²) in [5.41, 5.74) is 1.01. The van der Waals surface area contributed by atoms with E-state index in [0.29, 0.717) is 11.3 Å². The Bertz CT molecular complexity index is 788. The Morgan fingerprint density at radius 1 is 1.10 bits per heavy atom. The van der Waals surface area contributed by atoms with E-state index in [1.807, 2.05) is 6.07 Å². The van der Waals surface area contributed by atoms with Crippen LogP contribution < -0.4 is 0 Å². The molecule has 2 rings (SSSR count). The van der Waals surface area contributed by atoms with Crippen molar-refractivity contribution in [2.24, 2.45) is 0 Å². The maximum absolute atomic E-state index is 9.26.